The highest BCUT2D eigenvalue weighted by Gasteiger charge is 2.13. The lowest BCUT2D eigenvalue weighted by Gasteiger charge is -2.05. The molecule has 106 valence electrons. The monoisotopic (exact) mass is 290 g/mol. The second-order valence-electron chi connectivity index (χ2n) is 4.59. The van der Waals surface area contributed by atoms with Gasteiger partial charge in [-0.05, 0) is 43.5 Å². The Labute approximate surface area is 122 Å². The first kappa shape index (κ1) is 14.5. The Balaban J connectivity index is 2.03. The van der Waals surface area contributed by atoms with Gasteiger partial charge in [-0.2, -0.15) is 0 Å². The van der Waals surface area contributed by atoms with Gasteiger partial charge in [0.1, 0.15) is 0 Å². The minimum atomic E-state index is -0.227. The van der Waals surface area contributed by atoms with E-state index >= 15 is 0 Å². The number of anilines is 2. The van der Waals surface area contributed by atoms with Crippen LogP contribution in [0.4, 0.5) is 10.8 Å². The van der Waals surface area contributed by atoms with Crippen LogP contribution in [0.5, 0.6) is 0 Å². The molecule has 0 spiro atoms. The summed E-state index contributed by atoms with van der Waals surface area (Å²) in [5.41, 5.74) is 3.12. The lowest BCUT2D eigenvalue weighted by molar-refractivity contribution is 0.102. The first-order valence-corrected chi connectivity index (χ1v) is 7.37. The maximum absolute atomic E-state index is 12.1. The number of carbonyl (C=O) groups is 1. The van der Waals surface area contributed by atoms with Gasteiger partial charge in [-0.25, -0.2) is 0 Å². The van der Waals surface area contributed by atoms with Crippen LogP contribution < -0.4 is 10.6 Å². The number of amides is 1. The zero-order valence-corrected chi connectivity index (χ0v) is 12.7. The van der Waals surface area contributed by atoms with E-state index in [-0.39, 0.29) is 5.91 Å². The Morgan fingerprint density at radius 2 is 2.05 bits per heavy atom. The third-order valence-electron chi connectivity index (χ3n) is 2.91. The summed E-state index contributed by atoms with van der Waals surface area (Å²) in [6.45, 7) is 6.95. The molecule has 1 aromatic heterocycles. The van der Waals surface area contributed by atoms with Crippen molar-refractivity contribution in [2.45, 2.75) is 27.2 Å². The SMILES string of the molecule is CCCNc1nnc(C(=O)Nc2ccc(C)c(C)c2)s1. The zero-order valence-electron chi connectivity index (χ0n) is 11.9. The first-order valence-electron chi connectivity index (χ1n) is 6.56. The molecule has 1 heterocycles. The molecule has 2 N–H and O–H groups in total. The van der Waals surface area contributed by atoms with Gasteiger partial charge in [-0.1, -0.05) is 24.3 Å². The van der Waals surface area contributed by atoms with Crippen LogP contribution in [0.3, 0.4) is 0 Å². The van der Waals surface area contributed by atoms with Crippen molar-refractivity contribution in [3.05, 3.63) is 34.3 Å². The first-order chi connectivity index (χ1) is 9.60. The summed E-state index contributed by atoms with van der Waals surface area (Å²) < 4.78 is 0. The van der Waals surface area contributed by atoms with Crippen LogP contribution in [0.15, 0.2) is 18.2 Å². The van der Waals surface area contributed by atoms with E-state index < -0.39 is 0 Å². The molecule has 0 unspecified atom stereocenters. The van der Waals surface area contributed by atoms with E-state index in [9.17, 15) is 4.79 Å². The fourth-order valence-corrected chi connectivity index (χ4v) is 2.29. The van der Waals surface area contributed by atoms with Crippen LogP contribution in [0.25, 0.3) is 0 Å². The molecule has 0 radical (unpaired) electrons. The van der Waals surface area contributed by atoms with Crippen LogP contribution >= 0.6 is 11.3 Å². The van der Waals surface area contributed by atoms with Gasteiger partial charge < -0.3 is 10.6 Å². The van der Waals surface area contributed by atoms with Gasteiger partial charge in [0.15, 0.2) is 0 Å². The molecule has 0 atom stereocenters. The van der Waals surface area contributed by atoms with Gasteiger partial charge in [-0.15, -0.1) is 10.2 Å². The molecular weight excluding hydrogens is 272 g/mol. The molecule has 1 amide bonds. The van der Waals surface area contributed by atoms with Crippen molar-refractivity contribution in [3.63, 3.8) is 0 Å². The molecule has 6 heteroatoms. The summed E-state index contributed by atoms with van der Waals surface area (Å²) >= 11 is 1.26. The lowest BCUT2D eigenvalue weighted by Crippen LogP contribution is -2.11. The normalized spacial score (nSPS) is 10.3. The van der Waals surface area contributed by atoms with Crippen molar-refractivity contribution in [3.8, 4) is 0 Å². The smallest absolute Gasteiger partial charge is 0.286 e. The van der Waals surface area contributed by atoms with Gasteiger partial charge in [0.05, 0.1) is 0 Å². The average molecular weight is 290 g/mol. The second-order valence-corrected chi connectivity index (χ2v) is 5.57. The van der Waals surface area contributed by atoms with Crippen LogP contribution in [0.1, 0.15) is 34.3 Å². The van der Waals surface area contributed by atoms with Crippen molar-refractivity contribution in [2.75, 3.05) is 17.2 Å². The van der Waals surface area contributed by atoms with Crippen molar-refractivity contribution >= 4 is 28.1 Å². The molecule has 0 saturated carbocycles. The summed E-state index contributed by atoms with van der Waals surface area (Å²) in [6.07, 6.45) is 1.00. The van der Waals surface area contributed by atoms with Gasteiger partial charge in [0.25, 0.3) is 5.91 Å². The van der Waals surface area contributed by atoms with E-state index in [1.807, 2.05) is 32.0 Å². The molecule has 0 aliphatic carbocycles. The Hall–Kier alpha value is -1.95. The number of nitrogens with one attached hydrogen (secondary N) is 2. The van der Waals surface area contributed by atoms with E-state index in [2.05, 4.69) is 27.8 Å². The second kappa shape index (κ2) is 6.47. The maximum atomic E-state index is 12.1. The molecular formula is C14H18N4OS. The fourth-order valence-electron chi connectivity index (χ4n) is 1.62. The molecule has 0 aliphatic rings. The van der Waals surface area contributed by atoms with Crippen LogP contribution in [-0.4, -0.2) is 22.6 Å². The van der Waals surface area contributed by atoms with Crippen LogP contribution in [-0.2, 0) is 0 Å². The topological polar surface area (TPSA) is 66.9 Å². The van der Waals surface area contributed by atoms with Gasteiger partial charge >= 0.3 is 0 Å². The maximum Gasteiger partial charge on any atom is 0.286 e. The Bertz CT molecular complexity index is 609. The van der Waals surface area contributed by atoms with Gasteiger partial charge in [-0.3, -0.25) is 4.79 Å². The summed E-state index contributed by atoms with van der Waals surface area (Å²) in [7, 11) is 0. The predicted octanol–water partition coefficient (Wildman–Crippen LogP) is 3.23. The zero-order chi connectivity index (χ0) is 14.5. The van der Waals surface area contributed by atoms with Gasteiger partial charge in [0.2, 0.25) is 10.1 Å². The minimum Gasteiger partial charge on any atom is -0.360 e. The highest BCUT2D eigenvalue weighted by molar-refractivity contribution is 7.17. The van der Waals surface area contributed by atoms with Crippen LogP contribution in [0.2, 0.25) is 0 Å². The fraction of sp³-hybridized carbons (Fsp3) is 0.357. The number of carbonyl (C=O) groups excluding carboxylic acids is 1. The average Bonchev–Trinajstić information content (AvgIpc) is 2.89. The van der Waals surface area contributed by atoms with E-state index in [1.165, 1.54) is 16.9 Å². The van der Waals surface area contributed by atoms with Crippen molar-refractivity contribution in [1.82, 2.24) is 10.2 Å². The molecule has 5 nitrogen and oxygen atoms in total. The number of nitrogens with zero attached hydrogens (tertiary/aromatic N) is 2. The number of hydrogen-bond donors (Lipinski definition) is 2. The predicted molar refractivity (Wildman–Crippen MR) is 82.6 cm³/mol. The molecule has 1 aromatic carbocycles. The summed E-state index contributed by atoms with van der Waals surface area (Å²) in [6, 6.07) is 5.82. The molecule has 0 fully saturated rings. The Morgan fingerprint density at radius 3 is 2.75 bits per heavy atom. The molecule has 0 aliphatic heterocycles. The minimum absolute atomic E-state index is 0.227. The van der Waals surface area contributed by atoms with Crippen molar-refractivity contribution in [1.29, 1.82) is 0 Å². The Kier molecular flexibility index (Phi) is 4.68. The van der Waals surface area contributed by atoms with E-state index in [0.29, 0.717) is 10.1 Å². The number of hydrogen-bond acceptors (Lipinski definition) is 5. The van der Waals surface area contributed by atoms with Crippen molar-refractivity contribution in [2.24, 2.45) is 0 Å². The summed E-state index contributed by atoms with van der Waals surface area (Å²) in [5, 5.41) is 14.8. The van der Waals surface area contributed by atoms with Crippen LogP contribution in [0, 0.1) is 13.8 Å². The van der Waals surface area contributed by atoms with Crippen molar-refractivity contribution < 1.29 is 4.79 Å². The third-order valence-corrected chi connectivity index (χ3v) is 3.79. The van der Waals surface area contributed by atoms with E-state index in [0.717, 1.165) is 24.2 Å². The highest BCUT2D eigenvalue weighted by Crippen LogP contribution is 2.18. The quantitative estimate of drug-likeness (QED) is 0.887. The van der Waals surface area contributed by atoms with E-state index in [1.54, 1.807) is 0 Å². The number of rotatable bonds is 5. The molecule has 2 aromatic rings. The van der Waals surface area contributed by atoms with E-state index in [4.69, 9.17) is 0 Å². The highest BCUT2D eigenvalue weighted by atomic mass is 32.1. The number of aryl methyl sites for hydroxylation is 2. The molecule has 20 heavy (non-hydrogen) atoms. The Morgan fingerprint density at radius 1 is 1.25 bits per heavy atom. The lowest BCUT2D eigenvalue weighted by atomic mass is 10.1. The molecule has 0 saturated heterocycles. The van der Waals surface area contributed by atoms with Gasteiger partial charge in [0, 0.05) is 12.2 Å². The summed E-state index contributed by atoms with van der Waals surface area (Å²) in [5.74, 6) is -0.227. The third kappa shape index (κ3) is 3.54. The molecule has 0 bridgehead atoms. The largest absolute Gasteiger partial charge is 0.360 e. The molecule has 2 rings (SSSR count). The standard InChI is InChI=1S/C14H18N4OS/c1-4-7-15-14-18-17-13(20-14)12(19)16-11-6-5-9(2)10(3)8-11/h5-6,8H,4,7H2,1-3H3,(H,15,18)(H,16,19). The summed E-state index contributed by atoms with van der Waals surface area (Å²) in [4.78, 5) is 12.1. The number of benzene rings is 1. The number of aromatic nitrogens is 2.